The first-order valence-electron chi connectivity index (χ1n) is 8.53. The fourth-order valence-electron chi connectivity index (χ4n) is 2.40. The molecule has 25 heavy (non-hydrogen) atoms. The molecule has 2 aromatic rings. The number of allylic oxidation sites excluding steroid dienone is 7. The van der Waals surface area contributed by atoms with Gasteiger partial charge in [-0.3, -0.25) is 0 Å². The molecule has 0 fully saturated rings. The van der Waals surface area contributed by atoms with Crippen molar-refractivity contribution in [3.05, 3.63) is 120 Å². The quantitative estimate of drug-likeness (QED) is 0.498. The van der Waals surface area contributed by atoms with E-state index in [2.05, 4.69) is 56.5 Å². The largest absolute Gasteiger partial charge is 0.0984 e. The van der Waals surface area contributed by atoms with E-state index in [4.69, 9.17) is 0 Å². The molecule has 0 N–H and O–H groups in total. The topological polar surface area (TPSA) is 0 Å². The van der Waals surface area contributed by atoms with Crippen molar-refractivity contribution >= 4 is 11.6 Å². The molecule has 0 bridgehead atoms. The second-order valence-corrected chi connectivity index (χ2v) is 5.48. The Hall–Kier alpha value is -2.86. The lowest BCUT2D eigenvalue weighted by atomic mass is 9.95. The highest BCUT2D eigenvalue weighted by Gasteiger charge is 2.04. The Labute approximate surface area is 153 Å². The molecule has 0 heteroatoms. The van der Waals surface area contributed by atoms with Crippen molar-refractivity contribution in [3.8, 4) is 0 Å². The van der Waals surface area contributed by atoms with E-state index in [1.807, 2.05) is 68.5 Å². The van der Waals surface area contributed by atoms with Crippen LogP contribution < -0.4 is 0 Å². The molecule has 0 radical (unpaired) electrons. The predicted octanol–water partition coefficient (Wildman–Crippen LogP) is 7.50. The van der Waals surface area contributed by atoms with Gasteiger partial charge in [-0.05, 0) is 48.6 Å². The van der Waals surface area contributed by atoms with Crippen LogP contribution in [0.25, 0.3) is 11.6 Å². The zero-order valence-corrected chi connectivity index (χ0v) is 15.6. The van der Waals surface area contributed by atoms with Crippen LogP contribution in [0.15, 0.2) is 109 Å². The van der Waals surface area contributed by atoms with Crippen LogP contribution in [0, 0.1) is 0 Å². The Morgan fingerprint density at radius 3 is 1.80 bits per heavy atom. The van der Waals surface area contributed by atoms with E-state index in [-0.39, 0.29) is 0 Å². The van der Waals surface area contributed by atoms with Crippen LogP contribution in [0.2, 0.25) is 0 Å². The summed E-state index contributed by atoms with van der Waals surface area (Å²) in [7, 11) is 0. The van der Waals surface area contributed by atoms with Crippen LogP contribution in [0.1, 0.15) is 31.9 Å². The van der Waals surface area contributed by atoms with Crippen molar-refractivity contribution in [2.45, 2.75) is 20.8 Å². The average Bonchev–Trinajstić information content (AvgIpc) is 2.67. The molecule has 2 aromatic carbocycles. The van der Waals surface area contributed by atoms with Gasteiger partial charge >= 0.3 is 0 Å². The van der Waals surface area contributed by atoms with Gasteiger partial charge in [-0.1, -0.05) is 104 Å². The zero-order chi connectivity index (χ0) is 18.5. The highest BCUT2D eigenvalue weighted by molar-refractivity contribution is 5.81. The van der Waals surface area contributed by atoms with Crippen molar-refractivity contribution < 1.29 is 0 Å². The summed E-state index contributed by atoms with van der Waals surface area (Å²) in [6.07, 6.45) is 9.98. The number of benzene rings is 2. The van der Waals surface area contributed by atoms with Crippen LogP contribution in [0.3, 0.4) is 0 Å². The van der Waals surface area contributed by atoms with Crippen molar-refractivity contribution in [2.75, 3.05) is 0 Å². The maximum absolute atomic E-state index is 3.89. The Bertz CT molecular complexity index is 741. The Kier molecular flexibility index (Phi) is 9.40. The maximum Gasteiger partial charge on any atom is -0.0115 e. The molecule has 0 spiro atoms. The summed E-state index contributed by atoms with van der Waals surface area (Å²) in [4.78, 5) is 0. The van der Waals surface area contributed by atoms with Crippen molar-refractivity contribution in [3.63, 3.8) is 0 Å². The summed E-state index contributed by atoms with van der Waals surface area (Å²) >= 11 is 0. The molecule has 0 amide bonds. The van der Waals surface area contributed by atoms with Gasteiger partial charge in [0.25, 0.3) is 0 Å². The van der Waals surface area contributed by atoms with Gasteiger partial charge < -0.3 is 0 Å². The van der Waals surface area contributed by atoms with E-state index in [1.54, 1.807) is 0 Å². The van der Waals surface area contributed by atoms with Crippen LogP contribution in [0.4, 0.5) is 0 Å². The second kappa shape index (κ2) is 11.6. The number of rotatable bonds is 5. The normalized spacial score (nSPS) is 12.0. The van der Waals surface area contributed by atoms with E-state index in [9.17, 15) is 0 Å². The second-order valence-electron chi connectivity index (χ2n) is 5.48. The Balaban J connectivity index is 0.000000293. The molecular formula is C25H28. The molecule has 128 valence electrons. The summed E-state index contributed by atoms with van der Waals surface area (Å²) in [5.74, 6) is 0. The van der Waals surface area contributed by atoms with Crippen LogP contribution in [-0.4, -0.2) is 0 Å². The standard InChI is InChI=1S/C16H18.C9H10/c1-5-13(4)15(6-2)16(7-3)14-11-9-8-10-12-14;1-2-6-9-7-4-3-5-8-9/h5-12H,2-3H2,1,4H3;2-8H,1H3/b13-5+,16-15-;6-2+. The van der Waals surface area contributed by atoms with Crippen molar-refractivity contribution in [1.82, 2.24) is 0 Å². The average molecular weight is 328 g/mol. The van der Waals surface area contributed by atoms with Gasteiger partial charge in [0, 0.05) is 0 Å². The van der Waals surface area contributed by atoms with Crippen molar-refractivity contribution in [1.29, 1.82) is 0 Å². The van der Waals surface area contributed by atoms with Gasteiger partial charge in [0.2, 0.25) is 0 Å². The van der Waals surface area contributed by atoms with Gasteiger partial charge in [-0.2, -0.15) is 0 Å². The molecule has 2 rings (SSSR count). The third kappa shape index (κ3) is 6.64. The van der Waals surface area contributed by atoms with E-state index >= 15 is 0 Å². The minimum absolute atomic E-state index is 1.13. The third-order valence-corrected chi connectivity index (χ3v) is 3.80. The minimum Gasteiger partial charge on any atom is -0.0984 e. The monoisotopic (exact) mass is 328 g/mol. The first kappa shape index (κ1) is 20.2. The van der Waals surface area contributed by atoms with Gasteiger partial charge in [0.15, 0.2) is 0 Å². The van der Waals surface area contributed by atoms with Crippen LogP contribution in [-0.2, 0) is 0 Å². The van der Waals surface area contributed by atoms with E-state index in [0.29, 0.717) is 0 Å². The summed E-state index contributed by atoms with van der Waals surface area (Å²) in [5.41, 5.74) is 5.93. The smallest absolute Gasteiger partial charge is 0.0115 e. The minimum atomic E-state index is 1.13. The molecule has 0 saturated carbocycles. The lowest BCUT2D eigenvalue weighted by Crippen LogP contribution is -1.89. The van der Waals surface area contributed by atoms with E-state index in [0.717, 1.165) is 11.1 Å². The molecule has 0 atom stereocenters. The highest BCUT2D eigenvalue weighted by atomic mass is 14.1. The molecule has 0 saturated heterocycles. The summed E-state index contributed by atoms with van der Waals surface area (Å²) in [6, 6.07) is 20.5. The summed E-state index contributed by atoms with van der Waals surface area (Å²) in [6.45, 7) is 13.9. The van der Waals surface area contributed by atoms with E-state index < -0.39 is 0 Å². The van der Waals surface area contributed by atoms with Gasteiger partial charge in [0.1, 0.15) is 0 Å². The molecule has 0 aromatic heterocycles. The molecule has 0 aliphatic heterocycles. The Morgan fingerprint density at radius 1 is 0.800 bits per heavy atom. The molecular weight excluding hydrogens is 300 g/mol. The zero-order valence-electron chi connectivity index (χ0n) is 15.6. The molecule has 0 heterocycles. The van der Waals surface area contributed by atoms with Crippen LogP contribution >= 0.6 is 0 Å². The third-order valence-electron chi connectivity index (χ3n) is 3.80. The molecule has 0 aliphatic carbocycles. The number of hydrogen-bond donors (Lipinski definition) is 0. The fourth-order valence-corrected chi connectivity index (χ4v) is 2.40. The highest BCUT2D eigenvalue weighted by Crippen LogP contribution is 2.25. The summed E-state index contributed by atoms with van der Waals surface area (Å²) in [5, 5.41) is 0. The Morgan fingerprint density at radius 2 is 1.36 bits per heavy atom. The van der Waals surface area contributed by atoms with Gasteiger partial charge in [0.05, 0.1) is 0 Å². The maximum atomic E-state index is 3.89. The van der Waals surface area contributed by atoms with Crippen molar-refractivity contribution in [2.24, 2.45) is 0 Å². The fraction of sp³-hybridized carbons (Fsp3) is 0.120. The number of hydrogen-bond acceptors (Lipinski definition) is 0. The summed E-state index contributed by atoms with van der Waals surface area (Å²) < 4.78 is 0. The van der Waals surface area contributed by atoms with Gasteiger partial charge in [-0.25, -0.2) is 0 Å². The molecule has 0 unspecified atom stereocenters. The molecule has 0 nitrogen and oxygen atoms in total. The van der Waals surface area contributed by atoms with Crippen LogP contribution in [0.5, 0.6) is 0 Å². The predicted molar refractivity (Wildman–Crippen MR) is 114 cm³/mol. The first-order valence-corrected chi connectivity index (χ1v) is 8.53. The lowest BCUT2D eigenvalue weighted by Gasteiger charge is -2.09. The molecule has 0 aliphatic rings. The first-order chi connectivity index (χ1) is 12.2. The lowest BCUT2D eigenvalue weighted by molar-refractivity contribution is 1.40. The van der Waals surface area contributed by atoms with E-state index in [1.165, 1.54) is 16.7 Å². The van der Waals surface area contributed by atoms with Gasteiger partial charge in [-0.15, -0.1) is 0 Å². The SMILES string of the molecule is C/C=C/c1ccccc1.C=CC(=C(\C=C)c1ccccc1)/C(C)=C/C.